The van der Waals surface area contributed by atoms with Crippen molar-refractivity contribution < 1.29 is 4.79 Å². The molecule has 1 aromatic carbocycles. The number of primary amides is 1. The summed E-state index contributed by atoms with van der Waals surface area (Å²) in [5.41, 5.74) is 6.66. The van der Waals surface area contributed by atoms with Crippen LogP contribution in [0.3, 0.4) is 0 Å². The number of benzene rings is 1. The molecule has 0 radical (unpaired) electrons. The van der Waals surface area contributed by atoms with Crippen molar-refractivity contribution in [2.24, 2.45) is 5.73 Å². The van der Waals surface area contributed by atoms with Crippen molar-refractivity contribution in [2.75, 3.05) is 26.2 Å². The summed E-state index contributed by atoms with van der Waals surface area (Å²) in [4.78, 5) is 13.5. The number of nitrogens with one attached hydrogen (secondary N) is 1. The van der Waals surface area contributed by atoms with E-state index in [0.717, 1.165) is 18.7 Å². The van der Waals surface area contributed by atoms with Gasteiger partial charge < -0.3 is 16.0 Å². The van der Waals surface area contributed by atoms with Crippen molar-refractivity contribution in [1.29, 1.82) is 0 Å². The molecule has 1 saturated heterocycles. The number of carbonyl (C=O) groups is 1. The molecule has 1 amide bonds. The van der Waals surface area contributed by atoms with E-state index in [1.807, 2.05) is 6.07 Å². The molecule has 20 heavy (non-hydrogen) atoms. The minimum absolute atomic E-state index is 0.448. The molecule has 3 N–H and O–H groups in total. The van der Waals surface area contributed by atoms with Gasteiger partial charge in [0.15, 0.2) is 0 Å². The van der Waals surface area contributed by atoms with E-state index in [4.69, 9.17) is 17.3 Å². The summed E-state index contributed by atoms with van der Waals surface area (Å²) in [6.45, 7) is 5.18. The number of carbonyl (C=O) groups excluding carboxylic acids is 1. The summed E-state index contributed by atoms with van der Waals surface area (Å²) in [6.07, 6.45) is 4.01. The lowest BCUT2D eigenvalue weighted by atomic mass is 10.1. The van der Waals surface area contributed by atoms with Crippen LogP contribution in [0.15, 0.2) is 18.2 Å². The predicted molar refractivity (Wildman–Crippen MR) is 82.0 cm³/mol. The Morgan fingerprint density at radius 1 is 1.30 bits per heavy atom. The van der Waals surface area contributed by atoms with Crippen molar-refractivity contribution >= 4 is 17.5 Å². The first-order valence-electron chi connectivity index (χ1n) is 7.18. The fraction of sp³-hybridized carbons (Fsp3) is 0.533. The Kier molecular flexibility index (Phi) is 5.83. The monoisotopic (exact) mass is 295 g/mol. The molecule has 110 valence electrons. The fourth-order valence-corrected chi connectivity index (χ4v) is 2.73. The van der Waals surface area contributed by atoms with Crippen molar-refractivity contribution in [1.82, 2.24) is 10.2 Å². The maximum Gasteiger partial charge on any atom is 0.248 e. The Morgan fingerprint density at radius 2 is 2.05 bits per heavy atom. The molecule has 0 saturated carbocycles. The van der Waals surface area contributed by atoms with E-state index in [1.165, 1.54) is 32.4 Å². The van der Waals surface area contributed by atoms with Gasteiger partial charge in [0.1, 0.15) is 0 Å². The summed E-state index contributed by atoms with van der Waals surface area (Å²) < 4.78 is 0. The largest absolute Gasteiger partial charge is 0.366 e. The zero-order valence-corrected chi connectivity index (χ0v) is 12.5. The fourth-order valence-electron chi connectivity index (χ4n) is 2.49. The molecule has 0 unspecified atom stereocenters. The third-order valence-corrected chi connectivity index (χ3v) is 4.06. The second-order valence-electron chi connectivity index (χ2n) is 5.25. The van der Waals surface area contributed by atoms with E-state index in [0.29, 0.717) is 17.1 Å². The molecule has 0 atom stereocenters. The van der Waals surface area contributed by atoms with Crippen LogP contribution in [-0.4, -0.2) is 37.0 Å². The lowest BCUT2D eigenvalue weighted by molar-refractivity contribution is 0.100. The van der Waals surface area contributed by atoms with Crippen molar-refractivity contribution in [3.63, 3.8) is 0 Å². The third-order valence-electron chi connectivity index (χ3n) is 3.71. The summed E-state index contributed by atoms with van der Waals surface area (Å²) in [5, 5.41) is 3.99. The molecule has 2 rings (SSSR count). The number of hydrogen-bond donors (Lipinski definition) is 2. The quantitative estimate of drug-likeness (QED) is 0.789. The van der Waals surface area contributed by atoms with Gasteiger partial charge in [-0.15, -0.1) is 0 Å². The third kappa shape index (κ3) is 4.47. The Morgan fingerprint density at radius 3 is 2.70 bits per heavy atom. The number of nitrogens with zero attached hydrogens (tertiary/aromatic N) is 1. The van der Waals surface area contributed by atoms with Gasteiger partial charge in [0, 0.05) is 30.2 Å². The Balaban J connectivity index is 1.74. The van der Waals surface area contributed by atoms with Crippen LogP contribution in [0.2, 0.25) is 5.02 Å². The molecule has 0 bridgehead atoms. The van der Waals surface area contributed by atoms with Crippen LogP contribution in [0.1, 0.15) is 35.2 Å². The number of rotatable bonds is 6. The maximum absolute atomic E-state index is 11.0. The molecule has 1 aliphatic rings. The molecule has 0 aromatic heterocycles. The number of piperidine rings is 1. The number of halogens is 1. The smallest absolute Gasteiger partial charge is 0.248 e. The zero-order chi connectivity index (χ0) is 14.4. The van der Waals surface area contributed by atoms with Gasteiger partial charge in [0.25, 0.3) is 0 Å². The van der Waals surface area contributed by atoms with Crippen molar-refractivity contribution in [3.05, 3.63) is 34.3 Å². The minimum Gasteiger partial charge on any atom is -0.366 e. The molecule has 0 aliphatic carbocycles. The maximum atomic E-state index is 11.0. The predicted octanol–water partition coefficient (Wildman–Crippen LogP) is 2.01. The molecule has 1 fully saturated rings. The average molecular weight is 296 g/mol. The summed E-state index contributed by atoms with van der Waals surface area (Å²) >= 11 is 6.14. The van der Waals surface area contributed by atoms with Crippen LogP contribution in [0, 0.1) is 0 Å². The van der Waals surface area contributed by atoms with Gasteiger partial charge in [0.2, 0.25) is 5.91 Å². The highest BCUT2D eigenvalue weighted by molar-refractivity contribution is 6.31. The zero-order valence-electron chi connectivity index (χ0n) is 11.7. The average Bonchev–Trinajstić information content (AvgIpc) is 2.46. The Hall–Kier alpha value is -1.10. The van der Waals surface area contributed by atoms with Crippen molar-refractivity contribution in [2.45, 2.75) is 25.8 Å². The number of likely N-dealkylation sites (tertiary alicyclic amines) is 1. The normalized spacial score (nSPS) is 16.2. The first kappa shape index (κ1) is 15.3. The van der Waals surface area contributed by atoms with Gasteiger partial charge in [-0.2, -0.15) is 0 Å². The minimum atomic E-state index is -0.448. The van der Waals surface area contributed by atoms with E-state index in [2.05, 4.69) is 10.2 Å². The molecule has 1 aromatic rings. The molecule has 0 spiro atoms. The first-order valence-corrected chi connectivity index (χ1v) is 7.56. The van der Waals surface area contributed by atoms with Crippen LogP contribution in [0.5, 0.6) is 0 Å². The van der Waals surface area contributed by atoms with Gasteiger partial charge in [-0.25, -0.2) is 0 Å². The Bertz CT molecular complexity index is 458. The summed E-state index contributed by atoms with van der Waals surface area (Å²) in [7, 11) is 0. The van der Waals surface area contributed by atoms with E-state index < -0.39 is 5.91 Å². The van der Waals surface area contributed by atoms with E-state index in [9.17, 15) is 4.79 Å². The topological polar surface area (TPSA) is 58.4 Å². The second-order valence-corrected chi connectivity index (χ2v) is 5.66. The Labute approximate surface area is 125 Å². The van der Waals surface area contributed by atoms with Crippen LogP contribution in [0.25, 0.3) is 0 Å². The number of hydrogen-bond acceptors (Lipinski definition) is 3. The number of nitrogens with two attached hydrogens (primary N) is 1. The van der Waals surface area contributed by atoms with E-state index in [1.54, 1.807) is 12.1 Å². The van der Waals surface area contributed by atoms with Crippen LogP contribution < -0.4 is 11.1 Å². The van der Waals surface area contributed by atoms with Crippen LogP contribution in [0.4, 0.5) is 0 Å². The molecular formula is C15H22ClN3O. The van der Waals surface area contributed by atoms with E-state index in [-0.39, 0.29) is 0 Å². The van der Waals surface area contributed by atoms with Crippen LogP contribution in [-0.2, 0) is 6.54 Å². The van der Waals surface area contributed by atoms with Gasteiger partial charge >= 0.3 is 0 Å². The SMILES string of the molecule is NC(=O)c1ccc(CNCCN2CCCCC2)c(Cl)c1. The summed E-state index contributed by atoms with van der Waals surface area (Å²) in [5.74, 6) is -0.448. The second kappa shape index (κ2) is 7.62. The molecule has 5 heteroatoms. The van der Waals surface area contributed by atoms with Gasteiger partial charge in [-0.05, 0) is 43.6 Å². The molecule has 1 aliphatic heterocycles. The lowest BCUT2D eigenvalue weighted by Crippen LogP contribution is -2.35. The standard InChI is InChI=1S/C15H22ClN3O/c16-14-10-12(15(17)20)4-5-13(14)11-18-6-9-19-7-2-1-3-8-19/h4-5,10,18H,1-3,6-9,11H2,(H2,17,20). The highest BCUT2D eigenvalue weighted by Crippen LogP contribution is 2.17. The van der Waals surface area contributed by atoms with Crippen molar-refractivity contribution in [3.8, 4) is 0 Å². The van der Waals surface area contributed by atoms with E-state index >= 15 is 0 Å². The molecular weight excluding hydrogens is 274 g/mol. The highest BCUT2D eigenvalue weighted by atomic mass is 35.5. The van der Waals surface area contributed by atoms with Gasteiger partial charge in [-0.3, -0.25) is 4.79 Å². The van der Waals surface area contributed by atoms with Gasteiger partial charge in [-0.1, -0.05) is 24.1 Å². The first-order chi connectivity index (χ1) is 9.66. The van der Waals surface area contributed by atoms with Gasteiger partial charge in [0.05, 0.1) is 0 Å². The highest BCUT2D eigenvalue weighted by Gasteiger charge is 2.09. The number of amides is 1. The molecule has 4 nitrogen and oxygen atoms in total. The summed E-state index contributed by atoms with van der Waals surface area (Å²) in [6, 6.07) is 5.21. The molecule has 1 heterocycles. The lowest BCUT2D eigenvalue weighted by Gasteiger charge is -2.26. The van der Waals surface area contributed by atoms with Crippen LogP contribution >= 0.6 is 11.6 Å².